The van der Waals surface area contributed by atoms with Crippen molar-refractivity contribution in [2.45, 2.75) is 5.62 Å². The van der Waals surface area contributed by atoms with E-state index in [1.807, 2.05) is 0 Å². The minimum absolute atomic E-state index is 0.375. The molecule has 0 fully saturated rings. The maximum absolute atomic E-state index is 7.77. The van der Waals surface area contributed by atoms with Crippen molar-refractivity contribution < 1.29 is 4.74 Å². The van der Waals surface area contributed by atoms with Crippen molar-refractivity contribution >= 4 is 23.3 Å². The molecule has 2 N–H and O–H groups in total. The van der Waals surface area contributed by atoms with Gasteiger partial charge in [-0.15, -0.1) is 0 Å². The normalized spacial score (nSPS) is 24.0. The van der Waals surface area contributed by atoms with Crippen LogP contribution in [-0.2, 0) is 4.74 Å². The molecule has 0 aliphatic carbocycles. The number of hydrazine groups is 1. The summed E-state index contributed by atoms with van der Waals surface area (Å²) < 4.78 is 4.98. The van der Waals surface area contributed by atoms with Gasteiger partial charge in [0.2, 0.25) is 5.62 Å². The molecular weight excluding hydrogens is 218 g/mol. The van der Waals surface area contributed by atoms with Gasteiger partial charge in [-0.25, -0.2) is 5.01 Å². The second kappa shape index (κ2) is 4.08. The Hall–Kier alpha value is -1.27. The maximum Gasteiger partial charge on any atom is 0.212 e. The molecule has 1 unspecified atom stereocenters. The number of methoxy groups -OCH3 is 1. The van der Waals surface area contributed by atoms with Crippen LogP contribution in [0.3, 0.4) is 0 Å². The molecule has 1 atom stereocenters. The second-order valence-electron chi connectivity index (χ2n) is 3.11. The molecule has 2 rings (SSSR count). The fourth-order valence-corrected chi connectivity index (χ4v) is 1.72. The number of fused-ring (bicyclic) bond motifs is 1. The average Bonchev–Trinajstić information content (AvgIpc) is 2.60. The number of hydrazone groups is 1. The molecule has 0 spiro atoms. The number of nitrogens with zero attached hydrogens (tertiary/aromatic N) is 3. The number of rotatable bonds is 3. The van der Waals surface area contributed by atoms with Gasteiger partial charge in [-0.1, -0.05) is 11.6 Å². The molecule has 0 bridgehead atoms. The van der Waals surface area contributed by atoms with Crippen molar-refractivity contribution in [1.29, 1.82) is 5.41 Å². The first-order chi connectivity index (χ1) is 7.24. The molecule has 0 aromatic carbocycles. The van der Waals surface area contributed by atoms with Crippen LogP contribution in [0.4, 0.5) is 0 Å². The lowest BCUT2D eigenvalue weighted by Crippen LogP contribution is -2.54. The maximum atomic E-state index is 7.77. The van der Waals surface area contributed by atoms with Crippen molar-refractivity contribution in [1.82, 2.24) is 15.4 Å². The SMILES string of the molecule is COCCN1C(=N)C=CC2=NNC(Cl)N21. The molecule has 6 nitrogen and oxygen atoms in total. The van der Waals surface area contributed by atoms with Crippen molar-refractivity contribution in [2.75, 3.05) is 20.3 Å². The van der Waals surface area contributed by atoms with Crippen LogP contribution in [0.5, 0.6) is 0 Å². The van der Waals surface area contributed by atoms with Gasteiger partial charge in [0.05, 0.1) is 13.2 Å². The number of halogens is 1. The Morgan fingerprint density at radius 2 is 2.47 bits per heavy atom. The molecule has 2 aliphatic rings. The van der Waals surface area contributed by atoms with Gasteiger partial charge in [0.25, 0.3) is 0 Å². The van der Waals surface area contributed by atoms with Gasteiger partial charge in [-0.05, 0) is 12.2 Å². The molecule has 15 heavy (non-hydrogen) atoms. The number of alkyl halides is 1. The highest BCUT2D eigenvalue weighted by molar-refractivity contribution is 6.22. The van der Waals surface area contributed by atoms with Crippen LogP contribution < -0.4 is 5.43 Å². The lowest BCUT2D eigenvalue weighted by atomic mass is 10.3. The zero-order chi connectivity index (χ0) is 10.8. The first-order valence-corrected chi connectivity index (χ1v) is 4.97. The van der Waals surface area contributed by atoms with Gasteiger partial charge in [0, 0.05) is 7.11 Å². The Morgan fingerprint density at radius 3 is 3.20 bits per heavy atom. The fraction of sp³-hybridized carbons (Fsp3) is 0.500. The van der Waals surface area contributed by atoms with Gasteiger partial charge >= 0.3 is 0 Å². The highest BCUT2D eigenvalue weighted by Crippen LogP contribution is 2.18. The molecule has 2 aliphatic heterocycles. The fourth-order valence-electron chi connectivity index (χ4n) is 1.46. The Balaban J connectivity index is 2.16. The number of amidine groups is 2. The summed E-state index contributed by atoms with van der Waals surface area (Å²) >= 11 is 6.01. The van der Waals surface area contributed by atoms with Crippen LogP contribution in [-0.4, -0.2) is 47.6 Å². The van der Waals surface area contributed by atoms with Crippen LogP contribution in [0, 0.1) is 5.41 Å². The summed E-state index contributed by atoms with van der Waals surface area (Å²) in [7, 11) is 1.62. The highest BCUT2D eigenvalue weighted by atomic mass is 35.5. The average molecular weight is 230 g/mol. The van der Waals surface area contributed by atoms with Crippen LogP contribution in [0.25, 0.3) is 0 Å². The Labute approximate surface area is 92.6 Å². The van der Waals surface area contributed by atoms with E-state index in [1.165, 1.54) is 0 Å². The van der Waals surface area contributed by atoms with Gasteiger partial charge in [-0.2, -0.15) is 5.10 Å². The summed E-state index contributed by atoms with van der Waals surface area (Å²) in [4.78, 5) is 0. The molecule has 0 saturated heterocycles. The molecule has 0 radical (unpaired) electrons. The van der Waals surface area contributed by atoms with Crippen molar-refractivity contribution in [3.63, 3.8) is 0 Å². The van der Waals surface area contributed by atoms with Crippen LogP contribution >= 0.6 is 11.6 Å². The third-order valence-electron chi connectivity index (χ3n) is 2.17. The zero-order valence-corrected chi connectivity index (χ0v) is 9.03. The Morgan fingerprint density at radius 1 is 1.67 bits per heavy atom. The molecule has 7 heteroatoms. The van der Waals surface area contributed by atoms with E-state index in [-0.39, 0.29) is 0 Å². The van der Waals surface area contributed by atoms with Crippen molar-refractivity contribution in [2.24, 2.45) is 5.10 Å². The van der Waals surface area contributed by atoms with Crippen molar-refractivity contribution in [3.8, 4) is 0 Å². The number of nitrogens with one attached hydrogen (secondary N) is 2. The van der Waals surface area contributed by atoms with E-state index in [2.05, 4.69) is 10.5 Å². The predicted octanol–water partition coefficient (Wildman–Crippen LogP) is 0.138. The van der Waals surface area contributed by atoms with Crippen LogP contribution in [0.1, 0.15) is 0 Å². The molecule has 0 amide bonds. The highest BCUT2D eigenvalue weighted by Gasteiger charge is 2.33. The molecule has 0 saturated carbocycles. The quantitative estimate of drug-likeness (QED) is 0.534. The monoisotopic (exact) mass is 229 g/mol. The molecule has 0 aromatic heterocycles. The van der Waals surface area contributed by atoms with E-state index < -0.39 is 5.62 Å². The zero-order valence-electron chi connectivity index (χ0n) is 8.27. The van der Waals surface area contributed by atoms with E-state index in [0.717, 1.165) is 0 Å². The number of ether oxygens (including phenoxy) is 1. The largest absolute Gasteiger partial charge is 0.383 e. The number of hydrogen-bond donors (Lipinski definition) is 2. The van der Waals surface area contributed by atoms with Gasteiger partial charge in [0.15, 0.2) is 5.84 Å². The topological polar surface area (TPSA) is 64.0 Å². The second-order valence-corrected chi connectivity index (χ2v) is 3.53. The smallest absolute Gasteiger partial charge is 0.212 e. The summed E-state index contributed by atoms with van der Waals surface area (Å²) in [6.45, 7) is 1.10. The lowest BCUT2D eigenvalue weighted by Gasteiger charge is -2.37. The minimum Gasteiger partial charge on any atom is -0.383 e. The van der Waals surface area contributed by atoms with Gasteiger partial charge < -0.3 is 4.74 Å². The third-order valence-corrected chi connectivity index (χ3v) is 2.45. The van der Waals surface area contributed by atoms with E-state index in [0.29, 0.717) is 24.8 Å². The van der Waals surface area contributed by atoms with Crippen LogP contribution in [0.2, 0.25) is 0 Å². The van der Waals surface area contributed by atoms with Gasteiger partial charge in [-0.3, -0.25) is 15.8 Å². The first kappa shape index (κ1) is 10.3. The van der Waals surface area contributed by atoms with Crippen molar-refractivity contribution in [3.05, 3.63) is 12.2 Å². The summed E-state index contributed by atoms with van der Waals surface area (Å²) in [5.41, 5.74) is 2.29. The Kier molecular flexibility index (Phi) is 2.79. The molecular formula is C8H12ClN5O. The molecule has 0 aromatic rings. The summed E-state index contributed by atoms with van der Waals surface area (Å²) in [5.74, 6) is 1.09. The lowest BCUT2D eigenvalue weighted by molar-refractivity contribution is 0.0779. The molecule has 2 heterocycles. The standard InChI is InChI=1S/C8H12ClN5O/c1-15-5-4-13-6(10)2-3-7-11-12-8(9)14(7)13/h2-3,8,10,12H,4-5H2,1H3. The van der Waals surface area contributed by atoms with E-state index in [9.17, 15) is 0 Å². The summed E-state index contributed by atoms with van der Waals surface area (Å²) in [6.07, 6.45) is 3.43. The summed E-state index contributed by atoms with van der Waals surface area (Å²) in [6, 6.07) is 0. The van der Waals surface area contributed by atoms with E-state index in [4.69, 9.17) is 21.7 Å². The van der Waals surface area contributed by atoms with E-state index in [1.54, 1.807) is 29.3 Å². The molecule has 82 valence electrons. The first-order valence-electron chi connectivity index (χ1n) is 4.53. The van der Waals surface area contributed by atoms with E-state index >= 15 is 0 Å². The summed E-state index contributed by atoms with van der Waals surface area (Å²) in [5, 5.41) is 15.2. The third kappa shape index (κ3) is 1.78. The number of hydrogen-bond acceptors (Lipinski definition) is 5. The minimum atomic E-state index is -0.442. The van der Waals surface area contributed by atoms with Gasteiger partial charge in [0.1, 0.15) is 5.84 Å². The predicted molar refractivity (Wildman–Crippen MR) is 57.5 cm³/mol. The Bertz CT molecular complexity index is 329. The van der Waals surface area contributed by atoms with Crippen LogP contribution in [0.15, 0.2) is 17.3 Å².